The third-order valence-electron chi connectivity index (χ3n) is 2.12. The Hall–Kier alpha value is -0.430. The zero-order valence-electron chi connectivity index (χ0n) is 8.71. The Bertz CT molecular complexity index is 236. The van der Waals surface area contributed by atoms with Crippen molar-refractivity contribution in [1.29, 1.82) is 0 Å². The van der Waals surface area contributed by atoms with Gasteiger partial charge in [-0.1, -0.05) is 45.0 Å². The summed E-state index contributed by atoms with van der Waals surface area (Å²) in [5, 5.41) is 0. The minimum atomic E-state index is 0.646. The van der Waals surface area contributed by atoms with Crippen molar-refractivity contribution in [3.05, 3.63) is 35.4 Å². The summed E-state index contributed by atoms with van der Waals surface area (Å²) in [5.74, 6) is 2.99. The van der Waals surface area contributed by atoms with Crippen molar-refractivity contribution < 1.29 is 0 Å². The molecule has 0 amide bonds. The van der Waals surface area contributed by atoms with Crippen LogP contribution in [-0.2, 0) is 5.75 Å². The topological polar surface area (TPSA) is 0 Å². The normalized spacial score (nSPS) is 10.8. The van der Waals surface area contributed by atoms with Gasteiger partial charge in [-0.15, -0.1) is 0 Å². The molecule has 0 aliphatic rings. The Balaban J connectivity index is 2.59. The van der Waals surface area contributed by atoms with Crippen LogP contribution in [0.25, 0.3) is 0 Å². The monoisotopic (exact) mass is 194 g/mol. The van der Waals surface area contributed by atoms with Crippen LogP contribution in [0.5, 0.6) is 0 Å². The summed E-state index contributed by atoms with van der Waals surface area (Å²) < 4.78 is 0. The first-order valence-electron chi connectivity index (χ1n) is 4.90. The van der Waals surface area contributed by atoms with E-state index in [-0.39, 0.29) is 0 Å². The van der Waals surface area contributed by atoms with Gasteiger partial charge >= 0.3 is 0 Å². The van der Waals surface area contributed by atoms with Gasteiger partial charge in [0, 0.05) is 5.75 Å². The minimum Gasteiger partial charge on any atom is -0.157 e. The Kier molecular flexibility index (Phi) is 4.37. The van der Waals surface area contributed by atoms with Crippen molar-refractivity contribution in [1.82, 2.24) is 0 Å². The van der Waals surface area contributed by atoms with Crippen molar-refractivity contribution >= 4 is 11.8 Å². The third kappa shape index (κ3) is 3.43. The highest BCUT2D eigenvalue weighted by Gasteiger charge is 1.98. The molecule has 0 fully saturated rings. The molecule has 0 heterocycles. The average Bonchev–Trinajstić information content (AvgIpc) is 2.15. The first-order chi connectivity index (χ1) is 6.24. The lowest BCUT2D eigenvalue weighted by atomic mass is 10.0. The molecule has 0 aliphatic carbocycles. The molecular formula is C12H18S. The molecule has 1 aromatic carbocycles. The van der Waals surface area contributed by atoms with Crippen LogP contribution >= 0.6 is 11.8 Å². The van der Waals surface area contributed by atoms with Gasteiger partial charge < -0.3 is 0 Å². The third-order valence-corrected chi connectivity index (χ3v) is 3.06. The van der Waals surface area contributed by atoms with Crippen molar-refractivity contribution in [3.8, 4) is 0 Å². The van der Waals surface area contributed by atoms with Crippen molar-refractivity contribution in [2.45, 2.75) is 32.4 Å². The second-order valence-electron chi connectivity index (χ2n) is 3.53. The van der Waals surface area contributed by atoms with Crippen LogP contribution in [0.3, 0.4) is 0 Å². The van der Waals surface area contributed by atoms with E-state index in [1.54, 1.807) is 0 Å². The molecule has 1 aromatic rings. The molecule has 1 heteroatoms. The molecule has 0 N–H and O–H groups in total. The molecule has 1 rings (SSSR count). The number of rotatable bonds is 4. The Morgan fingerprint density at radius 3 is 2.23 bits per heavy atom. The molecule has 0 aromatic heterocycles. The highest BCUT2D eigenvalue weighted by molar-refractivity contribution is 7.98. The molecule has 0 unspecified atom stereocenters. The van der Waals surface area contributed by atoms with Gasteiger partial charge in [-0.2, -0.15) is 11.8 Å². The molecule has 0 aliphatic heterocycles. The lowest BCUT2D eigenvalue weighted by Crippen LogP contribution is -1.87. The van der Waals surface area contributed by atoms with E-state index in [4.69, 9.17) is 0 Å². The van der Waals surface area contributed by atoms with Gasteiger partial charge in [0.2, 0.25) is 0 Å². The van der Waals surface area contributed by atoms with E-state index in [1.807, 2.05) is 11.8 Å². The zero-order chi connectivity index (χ0) is 9.68. The molecule has 72 valence electrons. The summed E-state index contributed by atoms with van der Waals surface area (Å²) in [6.07, 6.45) is 0. The van der Waals surface area contributed by atoms with Crippen LogP contribution in [0.2, 0.25) is 0 Å². The van der Waals surface area contributed by atoms with Gasteiger partial charge in [0.05, 0.1) is 0 Å². The van der Waals surface area contributed by atoms with Gasteiger partial charge in [-0.05, 0) is 22.8 Å². The Labute approximate surface area is 85.7 Å². The van der Waals surface area contributed by atoms with E-state index in [0.29, 0.717) is 5.92 Å². The standard InChI is InChI=1S/C12H18S/c1-4-13-9-11-5-7-12(8-6-11)10(2)3/h5-8,10H,4,9H2,1-3H3. The summed E-state index contributed by atoms with van der Waals surface area (Å²) in [4.78, 5) is 0. The van der Waals surface area contributed by atoms with Crippen molar-refractivity contribution in [2.75, 3.05) is 5.75 Å². The van der Waals surface area contributed by atoms with E-state index < -0.39 is 0 Å². The molecule has 0 saturated heterocycles. The summed E-state index contributed by atoms with van der Waals surface area (Å²) in [6, 6.07) is 8.99. The second kappa shape index (κ2) is 5.33. The maximum absolute atomic E-state index is 2.25. The van der Waals surface area contributed by atoms with Crippen molar-refractivity contribution in [2.24, 2.45) is 0 Å². The molecule has 0 atom stereocenters. The number of hydrogen-bond acceptors (Lipinski definition) is 1. The van der Waals surface area contributed by atoms with E-state index in [9.17, 15) is 0 Å². The quantitative estimate of drug-likeness (QED) is 0.696. The average molecular weight is 194 g/mol. The highest BCUT2D eigenvalue weighted by atomic mass is 32.2. The summed E-state index contributed by atoms with van der Waals surface area (Å²) in [6.45, 7) is 6.67. The largest absolute Gasteiger partial charge is 0.157 e. The fraction of sp³-hybridized carbons (Fsp3) is 0.500. The summed E-state index contributed by atoms with van der Waals surface area (Å²) >= 11 is 1.98. The van der Waals surface area contributed by atoms with Gasteiger partial charge in [-0.25, -0.2) is 0 Å². The van der Waals surface area contributed by atoms with Gasteiger partial charge in [-0.3, -0.25) is 0 Å². The van der Waals surface area contributed by atoms with Gasteiger partial charge in [0.15, 0.2) is 0 Å². The van der Waals surface area contributed by atoms with E-state index in [1.165, 1.54) is 16.9 Å². The zero-order valence-corrected chi connectivity index (χ0v) is 9.53. The molecule has 0 radical (unpaired) electrons. The van der Waals surface area contributed by atoms with Crippen LogP contribution in [0.4, 0.5) is 0 Å². The van der Waals surface area contributed by atoms with E-state index >= 15 is 0 Å². The fourth-order valence-corrected chi connectivity index (χ4v) is 1.85. The maximum atomic E-state index is 2.25. The highest BCUT2D eigenvalue weighted by Crippen LogP contribution is 2.17. The van der Waals surface area contributed by atoms with Crippen LogP contribution in [0.1, 0.15) is 37.8 Å². The first kappa shape index (κ1) is 10.6. The van der Waals surface area contributed by atoms with E-state index in [2.05, 4.69) is 45.0 Å². The van der Waals surface area contributed by atoms with Crippen LogP contribution in [0, 0.1) is 0 Å². The summed E-state index contributed by atoms with van der Waals surface area (Å²) in [5.41, 5.74) is 2.88. The number of thioether (sulfide) groups is 1. The predicted octanol–water partition coefficient (Wildman–Crippen LogP) is 4.06. The maximum Gasteiger partial charge on any atom is 0.0184 e. The van der Waals surface area contributed by atoms with Crippen LogP contribution in [0.15, 0.2) is 24.3 Å². The van der Waals surface area contributed by atoms with Crippen LogP contribution in [-0.4, -0.2) is 5.75 Å². The molecular weight excluding hydrogens is 176 g/mol. The van der Waals surface area contributed by atoms with Crippen molar-refractivity contribution in [3.63, 3.8) is 0 Å². The second-order valence-corrected chi connectivity index (χ2v) is 4.81. The minimum absolute atomic E-state index is 0.646. The lowest BCUT2D eigenvalue weighted by molar-refractivity contribution is 0.866. The number of hydrogen-bond donors (Lipinski definition) is 0. The van der Waals surface area contributed by atoms with Crippen LogP contribution < -0.4 is 0 Å². The van der Waals surface area contributed by atoms with Gasteiger partial charge in [0.25, 0.3) is 0 Å². The Morgan fingerprint density at radius 2 is 1.77 bits per heavy atom. The fourth-order valence-electron chi connectivity index (χ4n) is 1.22. The molecule has 0 nitrogen and oxygen atoms in total. The predicted molar refractivity (Wildman–Crippen MR) is 62.4 cm³/mol. The van der Waals surface area contributed by atoms with E-state index in [0.717, 1.165) is 5.75 Å². The summed E-state index contributed by atoms with van der Waals surface area (Å²) in [7, 11) is 0. The molecule has 13 heavy (non-hydrogen) atoms. The molecule has 0 bridgehead atoms. The Morgan fingerprint density at radius 1 is 1.15 bits per heavy atom. The smallest absolute Gasteiger partial charge is 0.0184 e. The lowest BCUT2D eigenvalue weighted by Gasteiger charge is -2.06. The SMILES string of the molecule is CCSCc1ccc(C(C)C)cc1. The first-order valence-corrected chi connectivity index (χ1v) is 6.06. The van der Waals surface area contributed by atoms with Gasteiger partial charge in [0.1, 0.15) is 0 Å². The number of benzene rings is 1. The molecule has 0 spiro atoms. The molecule has 0 saturated carbocycles.